The zero-order valence-corrected chi connectivity index (χ0v) is 12.7. The molecule has 3 N–H and O–H groups in total. The molecule has 0 aliphatic rings. The molecule has 2 amide bonds. The van der Waals surface area contributed by atoms with E-state index in [-0.39, 0.29) is 6.61 Å². The highest BCUT2D eigenvalue weighted by Gasteiger charge is 2.28. The largest absolute Gasteiger partial charge is 0.450 e. The minimum Gasteiger partial charge on any atom is -0.450 e. The molecule has 0 fully saturated rings. The number of rotatable bonds is 6. The summed E-state index contributed by atoms with van der Waals surface area (Å²) in [6.07, 6.45) is -5.04. The van der Waals surface area contributed by atoms with Crippen molar-refractivity contribution in [1.82, 2.24) is 5.32 Å². The minimum atomic E-state index is -4.45. The van der Waals surface area contributed by atoms with Crippen LogP contribution in [0.2, 0.25) is 0 Å². The summed E-state index contributed by atoms with van der Waals surface area (Å²) < 4.78 is 40.8. The van der Waals surface area contributed by atoms with Gasteiger partial charge in [-0.25, -0.2) is 4.79 Å². The Hall–Kier alpha value is -2.45. The van der Waals surface area contributed by atoms with Gasteiger partial charge in [0.2, 0.25) is 5.91 Å². The van der Waals surface area contributed by atoms with Gasteiger partial charge < -0.3 is 15.4 Å². The molecular weight excluding hydrogens is 315 g/mol. The Balaban J connectivity index is 2.50. The fraction of sp³-hybridized carbons (Fsp3) is 0.429. The Labute approximate surface area is 131 Å². The number of nitrogens with one attached hydrogen (secondary N) is 3. The molecule has 9 heteroatoms. The van der Waals surface area contributed by atoms with Crippen LogP contribution in [0.4, 0.5) is 29.3 Å². The van der Waals surface area contributed by atoms with Crippen molar-refractivity contribution >= 4 is 23.4 Å². The maximum absolute atomic E-state index is 12.0. The average Bonchev–Trinajstić information content (AvgIpc) is 2.46. The fourth-order valence-electron chi connectivity index (χ4n) is 1.59. The van der Waals surface area contributed by atoms with Gasteiger partial charge in [0, 0.05) is 11.4 Å². The summed E-state index contributed by atoms with van der Waals surface area (Å²) in [5, 5.41) is 7.04. The molecular formula is C14H18F3N3O3. The number of benzene rings is 1. The van der Waals surface area contributed by atoms with E-state index < -0.39 is 30.8 Å². The number of hydrogen-bond donors (Lipinski definition) is 3. The first kappa shape index (κ1) is 18.6. The summed E-state index contributed by atoms with van der Waals surface area (Å²) in [4.78, 5) is 22.8. The molecule has 1 unspecified atom stereocenters. The molecule has 0 aliphatic heterocycles. The van der Waals surface area contributed by atoms with Gasteiger partial charge in [0.15, 0.2) is 0 Å². The summed E-state index contributed by atoms with van der Waals surface area (Å²) >= 11 is 0. The van der Waals surface area contributed by atoms with Crippen molar-refractivity contribution in [2.45, 2.75) is 26.1 Å². The van der Waals surface area contributed by atoms with Crippen molar-refractivity contribution in [3.63, 3.8) is 0 Å². The van der Waals surface area contributed by atoms with E-state index in [0.717, 1.165) is 0 Å². The Morgan fingerprint density at radius 3 is 2.26 bits per heavy atom. The van der Waals surface area contributed by atoms with Gasteiger partial charge in [-0.3, -0.25) is 10.1 Å². The Kier molecular flexibility index (Phi) is 6.67. The van der Waals surface area contributed by atoms with Crippen molar-refractivity contribution in [2.75, 3.05) is 23.8 Å². The molecule has 0 aromatic heterocycles. The summed E-state index contributed by atoms with van der Waals surface area (Å²) in [6.45, 7) is 1.99. The van der Waals surface area contributed by atoms with Crippen LogP contribution in [-0.2, 0) is 9.53 Å². The van der Waals surface area contributed by atoms with E-state index in [2.05, 4.69) is 10.6 Å². The molecule has 0 aliphatic carbocycles. The van der Waals surface area contributed by atoms with Crippen LogP contribution in [-0.4, -0.2) is 37.4 Å². The molecule has 0 bridgehead atoms. The zero-order valence-electron chi connectivity index (χ0n) is 12.7. The van der Waals surface area contributed by atoms with Crippen LogP contribution in [0.1, 0.15) is 13.8 Å². The van der Waals surface area contributed by atoms with E-state index in [9.17, 15) is 22.8 Å². The molecule has 0 saturated carbocycles. The lowest BCUT2D eigenvalue weighted by atomic mass is 10.2. The Morgan fingerprint density at radius 2 is 1.74 bits per heavy atom. The summed E-state index contributed by atoms with van der Waals surface area (Å²) in [5.74, 6) is -0.768. The van der Waals surface area contributed by atoms with E-state index >= 15 is 0 Å². The third kappa shape index (κ3) is 7.39. The maximum atomic E-state index is 12.0. The highest BCUT2D eigenvalue weighted by Crippen LogP contribution is 2.15. The maximum Gasteiger partial charge on any atom is 0.411 e. The monoisotopic (exact) mass is 333 g/mol. The van der Waals surface area contributed by atoms with Crippen LogP contribution in [0, 0.1) is 0 Å². The Bertz CT molecular complexity index is 532. The standard InChI is InChI=1S/C14H18F3N3O3/c1-3-23-13(22)20-11-6-4-10(5-7-11)19-9(2)12(21)18-8-14(15,16)17/h4-7,9,19H,3,8H2,1-2H3,(H,18,21)(H,20,22). The smallest absolute Gasteiger partial charge is 0.411 e. The van der Waals surface area contributed by atoms with Gasteiger partial charge in [-0.15, -0.1) is 0 Å². The van der Waals surface area contributed by atoms with Gasteiger partial charge in [-0.1, -0.05) is 0 Å². The molecule has 1 rings (SSSR count). The average molecular weight is 333 g/mol. The van der Waals surface area contributed by atoms with Crippen LogP contribution < -0.4 is 16.0 Å². The van der Waals surface area contributed by atoms with Crippen LogP contribution in [0.15, 0.2) is 24.3 Å². The first-order valence-corrected chi connectivity index (χ1v) is 6.86. The molecule has 1 aromatic rings. The molecule has 1 atom stereocenters. The van der Waals surface area contributed by atoms with Crippen molar-refractivity contribution in [1.29, 1.82) is 0 Å². The second kappa shape index (κ2) is 8.25. The van der Waals surface area contributed by atoms with E-state index in [4.69, 9.17) is 4.74 Å². The second-order valence-electron chi connectivity index (χ2n) is 4.62. The SMILES string of the molecule is CCOC(=O)Nc1ccc(NC(C)C(=O)NCC(F)(F)F)cc1. The van der Waals surface area contributed by atoms with Crippen molar-refractivity contribution in [2.24, 2.45) is 0 Å². The minimum absolute atomic E-state index is 0.246. The number of alkyl halides is 3. The number of amides is 2. The van der Waals surface area contributed by atoms with Crippen molar-refractivity contribution in [3.8, 4) is 0 Å². The highest BCUT2D eigenvalue weighted by molar-refractivity contribution is 5.86. The number of carbonyl (C=O) groups excluding carboxylic acids is 2. The van der Waals surface area contributed by atoms with Gasteiger partial charge in [0.05, 0.1) is 6.61 Å². The molecule has 0 saturated heterocycles. The lowest BCUT2D eigenvalue weighted by Crippen LogP contribution is -2.42. The molecule has 23 heavy (non-hydrogen) atoms. The van der Waals surface area contributed by atoms with Crippen LogP contribution in [0.5, 0.6) is 0 Å². The lowest BCUT2D eigenvalue weighted by molar-refractivity contribution is -0.138. The summed E-state index contributed by atoms with van der Waals surface area (Å²) in [5.41, 5.74) is 1.01. The molecule has 6 nitrogen and oxygen atoms in total. The van der Waals surface area contributed by atoms with Gasteiger partial charge in [0.1, 0.15) is 12.6 Å². The number of hydrogen-bond acceptors (Lipinski definition) is 4. The van der Waals surface area contributed by atoms with Crippen molar-refractivity contribution in [3.05, 3.63) is 24.3 Å². The fourth-order valence-corrected chi connectivity index (χ4v) is 1.59. The molecule has 0 heterocycles. The second-order valence-corrected chi connectivity index (χ2v) is 4.62. The molecule has 0 radical (unpaired) electrons. The predicted octanol–water partition coefficient (Wildman–Crippen LogP) is 2.73. The normalized spacial score (nSPS) is 12.2. The topological polar surface area (TPSA) is 79.5 Å². The number of halogens is 3. The van der Waals surface area contributed by atoms with Crippen LogP contribution in [0.25, 0.3) is 0 Å². The predicted molar refractivity (Wildman–Crippen MR) is 79.2 cm³/mol. The van der Waals surface area contributed by atoms with Gasteiger partial charge in [0.25, 0.3) is 0 Å². The number of carbonyl (C=O) groups is 2. The number of ether oxygens (including phenoxy) is 1. The summed E-state index contributed by atoms with van der Waals surface area (Å²) in [7, 11) is 0. The van der Waals surface area contributed by atoms with Gasteiger partial charge >= 0.3 is 12.3 Å². The zero-order chi connectivity index (χ0) is 17.5. The third-order valence-corrected chi connectivity index (χ3v) is 2.65. The van der Waals surface area contributed by atoms with E-state index in [1.54, 1.807) is 36.5 Å². The van der Waals surface area contributed by atoms with Crippen LogP contribution >= 0.6 is 0 Å². The molecule has 1 aromatic carbocycles. The van der Waals surface area contributed by atoms with E-state index in [0.29, 0.717) is 11.4 Å². The first-order chi connectivity index (χ1) is 10.7. The van der Waals surface area contributed by atoms with Gasteiger partial charge in [-0.05, 0) is 38.1 Å². The molecule has 128 valence electrons. The van der Waals surface area contributed by atoms with Crippen LogP contribution in [0.3, 0.4) is 0 Å². The Morgan fingerprint density at radius 1 is 1.17 bits per heavy atom. The summed E-state index contributed by atoms with van der Waals surface area (Å²) in [6, 6.07) is 5.45. The lowest BCUT2D eigenvalue weighted by Gasteiger charge is -2.16. The highest BCUT2D eigenvalue weighted by atomic mass is 19.4. The molecule has 0 spiro atoms. The van der Waals surface area contributed by atoms with Gasteiger partial charge in [-0.2, -0.15) is 13.2 Å². The number of anilines is 2. The van der Waals surface area contributed by atoms with E-state index in [1.807, 2.05) is 0 Å². The van der Waals surface area contributed by atoms with Crippen molar-refractivity contribution < 1.29 is 27.5 Å². The quantitative estimate of drug-likeness (QED) is 0.748. The third-order valence-electron chi connectivity index (χ3n) is 2.65. The first-order valence-electron chi connectivity index (χ1n) is 6.86. The van der Waals surface area contributed by atoms with E-state index in [1.165, 1.54) is 6.92 Å².